The molecule has 6 heteroatoms. The Morgan fingerprint density at radius 1 is 1.10 bits per heavy atom. The van der Waals surface area contributed by atoms with Crippen molar-refractivity contribution in [2.24, 2.45) is 4.99 Å². The summed E-state index contributed by atoms with van der Waals surface area (Å²) in [4.78, 5) is 17.9. The monoisotopic (exact) mass is 413 g/mol. The first-order valence-electron chi connectivity index (χ1n) is 9.37. The third-order valence-electron chi connectivity index (χ3n) is 4.50. The maximum absolute atomic E-state index is 5.63. The molecule has 0 radical (unpaired) electrons. The van der Waals surface area contributed by atoms with Gasteiger partial charge in [0, 0.05) is 17.3 Å². The topological polar surface area (TPSA) is 69.1 Å². The number of hydrogen-bond acceptors (Lipinski definition) is 5. The summed E-state index contributed by atoms with van der Waals surface area (Å²) in [6.07, 6.45) is 12.2. The van der Waals surface area contributed by atoms with E-state index in [1.165, 1.54) is 6.39 Å². The smallest absolute Gasteiger partial charge is 0.181 e. The van der Waals surface area contributed by atoms with E-state index < -0.39 is 0 Å². The summed E-state index contributed by atoms with van der Waals surface area (Å²) < 4.78 is 7.47. The molecule has 1 aliphatic rings. The van der Waals surface area contributed by atoms with Gasteiger partial charge in [0.25, 0.3) is 0 Å². The third kappa shape index (κ3) is 4.17. The second-order valence-corrected chi connectivity index (χ2v) is 6.03. The van der Waals surface area contributed by atoms with Crippen LogP contribution in [-0.4, -0.2) is 25.2 Å². The fourth-order valence-electron chi connectivity index (χ4n) is 3.26. The predicted octanol–water partition coefficient (Wildman–Crippen LogP) is 5.55. The molecule has 31 heavy (non-hydrogen) atoms. The number of terminal acetylenes is 1. The number of nitrogens with zero attached hydrogens (tertiary/aromatic N) is 5. The largest absolute Gasteiger partial charge is 0.442 e. The third-order valence-corrected chi connectivity index (χ3v) is 4.50. The average Bonchev–Trinajstić information content (AvgIpc) is 3.43. The molecule has 0 amide bonds. The summed E-state index contributed by atoms with van der Waals surface area (Å²) in [7, 11) is 0. The number of aliphatic imine (C=N–C) groups is 1. The molecule has 4 aromatic rings. The molecule has 6 nitrogen and oxygen atoms in total. The van der Waals surface area contributed by atoms with Gasteiger partial charge in [-0.25, -0.2) is 9.97 Å². The number of pyridine rings is 1. The van der Waals surface area contributed by atoms with Crippen LogP contribution in [0.4, 0.5) is 0 Å². The molecule has 3 aromatic heterocycles. The van der Waals surface area contributed by atoms with Gasteiger partial charge in [-0.2, -0.15) is 0 Å². The minimum absolute atomic E-state index is 0. The summed E-state index contributed by atoms with van der Waals surface area (Å²) >= 11 is 0. The van der Waals surface area contributed by atoms with Gasteiger partial charge in [-0.05, 0) is 30.3 Å². The molecule has 0 aliphatic carbocycles. The van der Waals surface area contributed by atoms with Crippen LogP contribution in [-0.2, 0) is 6.54 Å². The quantitative estimate of drug-likeness (QED) is 0.404. The molecule has 0 unspecified atom stereocenters. The van der Waals surface area contributed by atoms with Gasteiger partial charge < -0.3 is 4.42 Å². The Bertz CT molecular complexity index is 1200. The van der Waals surface area contributed by atoms with Gasteiger partial charge in [-0.3, -0.25) is 14.5 Å². The van der Waals surface area contributed by atoms with Crippen molar-refractivity contribution in [2.75, 3.05) is 0 Å². The van der Waals surface area contributed by atoms with Gasteiger partial charge in [0.2, 0.25) is 0 Å². The highest BCUT2D eigenvalue weighted by atomic mass is 16.3. The highest BCUT2D eigenvalue weighted by molar-refractivity contribution is 6.14. The molecule has 0 atom stereocenters. The Morgan fingerprint density at radius 3 is 2.61 bits per heavy atom. The van der Waals surface area contributed by atoms with Gasteiger partial charge in [-0.15, -0.1) is 6.42 Å². The molecule has 1 aliphatic heterocycles. The van der Waals surface area contributed by atoms with Crippen molar-refractivity contribution in [2.45, 2.75) is 35.2 Å². The molecular formula is C25H27N5O. The molecule has 0 spiro atoms. The maximum atomic E-state index is 5.63. The van der Waals surface area contributed by atoms with E-state index in [4.69, 9.17) is 15.8 Å². The summed E-state index contributed by atoms with van der Waals surface area (Å²) in [5, 5.41) is 0. The predicted molar refractivity (Wildman–Crippen MR) is 125 cm³/mol. The lowest BCUT2D eigenvalue weighted by Crippen LogP contribution is -2.08. The summed E-state index contributed by atoms with van der Waals surface area (Å²) in [6.45, 7) is 4.43. The van der Waals surface area contributed by atoms with Crippen LogP contribution in [0.25, 0.3) is 17.1 Å². The van der Waals surface area contributed by atoms with Crippen molar-refractivity contribution in [1.29, 1.82) is 0 Å². The molecule has 0 saturated carbocycles. The van der Waals surface area contributed by atoms with Crippen molar-refractivity contribution in [1.82, 2.24) is 19.5 Å². The molecule has 0 bridgehead atoms. The standard InChI is InChI=1S/C21H13N5O.C2H6.2CH4/c1-2-14-6-7-17-15(9-14)20(16-5-3-4-8-23-16)24-10-18-21(25-12-26(17)18)19-11-22-13-27-19;1-2;;/h1,3-9,11-13H,10H2;1-2H3;2*1H4. The first-order chi connectivity index (χ1) is 14.3. The Kier molecular flexibility index (Phi) is 7.64. The molecule has 0 N–H and O–H groups in total. The molecular weight excluding hydrogens is 386 g/mol. The Balaban J connectivity index is 0.000000830. The SMILES string of the molecule is C.C.C#Cc1ccc2c(c1)C(c1ccccn1)=NCc1c(-c3cnco3)ncn1-2.CC. The fraction of sp³-hybridized carbons (Fsp3) is 0.200. The number of benzene rings is 1. The summed E-state index contributed by atoms with van der Waals surface area (Å²) in [6, 6.07) is 11.6. The minimum Gasteiger partial charge on any atom is -0.442 e. The molecule has 4 heterocycles. The van der Waals surface area contributed by atoms with Gasteiger partial charge in [0.1, 0.15) is 12.0 Å². The van der Waals surface area contributed by atoms with Gasteiger partial charge in [-0.1, -0.05) is 40.7 Å². The van der Waals surface area contributed by atoms with Gasteiger partial charge in [0.15, 0.2) is 12.2 Å². The van der Waals surface area contributed by atoms with Crippen LogP contribution in [0.3, 0.4) is 0 Å². The van der Waals surface area contributed by atoms with Crippen LogP contribution < -0.4 is 0 Å². The first-order valence-corrected chi connectivity index (χ1v) is 9.37. The van der Waals surface area contributed by atoms with Crippen molar-refractivity contribution in [3.63, 3.8) is 0 Å². The van der Waals surface area contributed by atoms with Gasteiger partial charge in [0.05, 0.1) is 35.5 Å². The zero-order chi connectivity index (χ0) is 20.2. The Morgan fingerprint density at radius 2 is 1.94 bits per heavy atom. The highest BCUT2D eigenvalue weighted by Gasteiger charge is 2.24. The average molecular weight is 414 g/mol. The first kappa shape index (κ1) is 23.3. The minimum atomic E-state index is 0. The zero-order valence-electron chi connectivity index (χ0n) is 16.2. The lowest BCUT2D eigenvalue weighted by atomic mass is 10.0. The van der Waals surface area contributed by atoms with Crippen molar-refractivity contribution in [3.8, 4) is 29.5 Å². The van der Waals surface area contributed by atoms with E-state index in [-0.39, 0.29) is 14.9 Å². The Hall–Kier alpha value is -3.98. The molecule has 0 fully saturated rings. The maximum Gasteiger partial charge on any atom is 0.181 e. The molecule has 1 aromatic carbocycles. The molecule has 5 rings (SSSR count). The second-order valence-electron chi connectivity index (χ2n) is 6.03. The normalized spacial score (nSPS) is 11.1. The second kappa shape index (κ2) is 10.2. The van der Waals surface area contributed by atoms with Crippen molar-refractivity contribution in [3.05, 3.63) is 84.0 Å². The van der Waals surface area contributed by atoms with E-state index in [0.29, 0.717) is 12.3 Å². The zero-order valence-corrected chi connectivity index (χ0v) is 16.2. The fourth-order valence-corrected chi connectivity index (χ4v) is 3.26. The van der Waals surface area contributed by atoms with Crippen LogP contribution in [0.1, 0.15) is 51.2 Å². The number of hydrogen-bond donors (Lipinski definition) is 0. The van der Waals surface area contributed by atoms with E-state index in [1.807, 2.05) is 54.8 Å². The van der Waals surface area contributed by atoms with E-state index >= 15 is 0 Å². The van der Waals surface area contributed by atoms with Crippen LogP contribution in [0, 0.1) is 12.3 Å². The molecule has 158 valence electrons. The van der Waals surface area contributed by atoms with E-state index in [9.17, 15) is 0 Å². The highest BCUT2D eigenvalue weighted by Crippen LogP contribution is 2.30. The summed E-state index contributed by atoms with van der Waals surface area (Å²) in [5.41, 5.74) is 5.91. The number of fused-ring (bicyclic) bond motifs is 3. The number of rotatable bonds is 2. The number of aromatic nitrogens is 4. The lowest BCUT2D eigenvalue weighted by Gasteiger charge is -2.11. The summed E-state index contributed by atoms with van der Waals surface area (Å²) in [5.74, 6) is 3.31. The van der Waals surface area contributed by atoms with E-state index in [0.717, 1.165) is 39.6 Å². The van der Waals surface area contributed by atoms with Crippen molar-refractivity contribution < 1.29 is 4.42 Å². The molecule has 0 saturated heterocycles. The van der Waals surface area contributed by atoms with E-state index in [1.54, 1.807) is 18.7 Å². The van der Waals surface area contributed by atoms with Crippen LogP contribution in [0.5, 0.6) is 0 Å². The number of oxazole rings is 1. The van der Waals surface area contributed by atoms with Crippen LogP contribution in [0.2, 0.25) is 0 Å². The van der Waals surface area contributed by atoms with Crippen LogP contribution in [0.15, 0.2) is 70.9 Å². The lowest BCUT2D eigenvalue weighted by molar-refractivity contribution is 0.569. The van der Waals surface area contributed by atoms with E-state index in [2.05, 4.69) is 20.9 Å². The Labute approximate surface area is 183 Å². The van der Waals surface area contributed by atoms with Crippen LogP contribution >= 0.6 is 0 Å². The van der Waals surface area contributed by atoms with Gasteiger partial charge >= 0.3 is 0 Å². The number of imidazole rings is 1. The van der Waals surface area contributed by atoms with Crippen molar-refractivity contribution >= 4 is 5.71 Å².